The van der Waals surface area contributed by atoms with E-state index in [9.17, 15) is 14.4 Å². The van der Waals surface area contributed by atoms with Crippen molar-refractivity contribution in [3.63, 3.8) is 0 Å². The summed E-state index contributed by atoms with van der Waals surface area (Å²) in [5, 5.41) is 0. The number of rotatable bonds is 3. The highest BCUT2D eigenvalue weighted by molar-refractivity contribution is 5.90. The van der Waals surface area contributed by atoms with E-state index in [4.69, 9.17) is 11.5 Å². The van der Waals surface area contributed by atoms with Crippen LogP contribution in [0.1, 0.15) is 16.2 Å². The third-order valence-electron chi connectivity index (χ3n) is 1.44. The zero-order chi connectivity index (χ0) is 10.7. The van der Waals surface area contributed by atoms with Crippen molar-refractivity contribution < 1.29 is 9.59 Å². The molecule has 7 heteroatoms. The number of hydrogen-bond donors (Lipinski definition) is 3. The van der Waals surface area contributed by atoms with Crippen molar-refractivity contribution in [3.05, 3.63) is 27.9 Å². The summed E-state index contributed by atoms with van der Waals surface area (Å²) in [4.78, 5) is 37.9. The van der Waals surface area contributed by atoms with Gasteiger partial charge in [0.25, 0.3) is 11.5 Å². The number of primary amides is 2. The molecule has 7 nitrogen and oxygen atoms in total. The summed E-state index contributed by atoms with van der Waals surface area (Å²) >= 11 is 0. The highest BCUT2D eigenvalue weighted by Gasteiger charge is 2.09. The lowest BCUT2D eigenvalue weighted by molar-refractivity contribution is -0.117. The third kappa shape index (κ3) is 2.16. The van der Waals surface area contributed by atoms with E-state index in [2.05, 4.69) is 9.97 Å². The lowest BCUT2D eigenvalue weighted by Crippen LogP contribution is -2.27. The van der Waals surface area contributed by atoms with Gasteiger partial charge in [0, 0.05) is 11.9 Å². The number of aromatic amines is 1. The molecule has 0 unspecified atom stereocenters. The second-order valence-electron chi connectivity index (χ2n) is 2.59. The summed E-state index contributed by atoms with van der Waals surface area (Å²) in [7, 11) is 0. The van der Waals surface area contributed by atoms with Crippen LogP contribution < -0.4 is 17.0 Å². The van der Waals surface area contributed by atoms with Crippen LogP contribution in [0.5, 0.6) is 0 Å². The molecule has 74 valence electrons. The Hall–Kier alpha value is -2.18. The number of aromatic nitrogens is 2. The lowest BCUT2D eigenvalue weighted by Gasteiger charge is -1.97. The number of hydrogen-bond acceptors (Lipinski definition) is 4. The minimum absolute atomic E-state index is 0.138. The van der Waals surface area contributed by atoms with Crippen LogP contribution in [0.15, 0.2) is 11.0 Å². The van der Waals surface area contributed by atoms with Gasteiger partial charge in [-0.05, 0) is 0 Å². The maximum absolute atomic E-state index is 11.1. The molecule has 14 heavy (non-hydrogen) atoms. The zero-order valence-electron chi connectivity index (χ0n) is 7.11. The number of nitrogens with zero attached hydrogens (tertiary/aromatic N) is 1. The Morgan fingerprint density at radius 1 is 1.43 bits per heavy atom. The summed E-state index contributed by atoms with van der Waals surface area (Å²) in [5.41, 5.74) is 8.87. The van der Waals surface area contributed by atoms with Crippen molar-refractivity contribution in [2.75, 3.05) is 0 Å². The number of nitrogens with one attached hydrogen (secondary N) is 1. The Morgan fingerprint density at radius 2 is 2.07 bits per heavy atom. The normalized spacial score (nSPS) is 9.71. The van der Waals surface area contributed by atoms with Gasteiger partial charge in [0.2, 0.25) is 5.91 Å². The van der Waals surface area contributed by atoms with Crippen molar-refractivity contribution >= 4 is 11.8 Å². The van der Waals surface area contributed by atoms with Gasteiger partial charge in [-0.2, -0.15) is 0 Å². The van der Waals surface area contributed by atoms with Gasteiger partial charge < -0.3 is 16.5 Å². The van der Waals surface area contributed by atoms with Crippen molar-refractivity contribution in [1.82, 2.24) is 9.97 Å². The first-order chi connectivity index (χ1) is 6.50. The SMILES string of the molecule is NC(=O)Cc1cnc(C(N)=O)c(=O)[nH]1. The predicted molar refractivity (Wildman–Crippen MR) is 46.3 cm³/mol. The van der Waals surface area contributed by atoms with E-state index in [-0.39, 0.29) is 12.1 Å². The van der Waals surface area contributed by atoms with Gasteiger partial charge >= 0.3 is 0 Å². The highest BCUT2D eigenvalue weighted by atomic mass is 16.2. The first kappa shape index (κ1) is 9.90. The molecule has 0 radical (unpaired) electrons. The van der Waals surface area contributed by atoms with Crippen LogP contribution in [-0.2, 0) is 11.2 Å². The molecular weight excluding hydrogens is 188 g/mol. The molecule has 0 aliphatic carbocycles. The molecule has 0 spiro atoms. The minimum atomic E-state index is -0.920. The summed E-state index contributed by atoms with van der Waals surface area (Å²) in [5.74, 6) is -1.52. The predicted octanol–water partition coefficient (Wildman–Crippen LogP) is -2.10. The van der Waals surface area contributed by atoms with Crippen LogP contribution in [-0.4, -0.2) is 21.8 Å². The number of H-pyrrole nitrogens is 1. The Morgan fingerprint density at radius 3 is 2.50 bits per heavy atom. The van der Waals surface area contributed by atoms with Gasteiger partial charge in [-0.1, -0.05) is 0 Å². The van der Waals surface area contributed by atoms with Gasteiger partial charge in [0.1, 0.15) is 0 Å². The zero-order valence-corrected chi connectivity index (χ0v) is 7.11. The lowest BCUT2D eigenvalue weighted by atomic mass is 10.3. The molecule has 0 aromatic carbocycles. The van der Waals surface area contributed by atoms with Crippen molar-refractivity contribution in [1.29, 1.82) is 0 Å². The maximum atomic E-state index is 11.1. The third-order valence-corrected chi connectivity index (χ3v) is 1.44. The quantitative estimate of drug-likeness (QED) is 0.510. The molecule has 0 fully saturated rings. The molecule has 0 bridgehead atoms. The average molecular weight is 196 g/mol. The Bertz CT molecular complexity index is 437. The van der Waals surface area contributed by atoms with Crippen LogP contribution in [0, 0.1) is 0 Å². The molecule has 0 aliphatic rings. The van der Waals surface area contributed by atoms with Crippen molar-refractivity contribution in [3.8, 4) is 0 Å². The fourth-order valence-corrected chi connectivity index (χ4v) is 0.891. The van der Waals surface area contributed by atoms with E-state index in [1.165, 1.54) is 6.20 Å². The molecule has 0 aliphatic heterocycles. The summed E-state index contributed by atoms with van der Waals surface area (Å²) < 4.78 is 0. The van der Waals surface area contributed by atoms with Gasteiger partial charge in [0.15, 0.2) is 5.69 Å². The number of amides is 2. The van der Waals surface area contributed by atoms with Crippen LogP contribution >= 0.6 is 0 Å². The van der Waals surface area contributed by atoms with E-state index in [1.807, 2.05) is 0 Å². The first-order valence-corrected chi connectivity index (χ1v) is 3.67. The van der Waals surface area contributed by atoms with Gasteiger partial charge in [0.05, 0.1) is 6.42 Å². The van der Waals surface area contributed by atoms with Crippen LogP contribution in [0.4, 0.5) is 0 Å². The first-order valence-electron chi connectivity index (χ1n) is 3.67. The van der Waals surface area contributed by atoms with Crippen LogP contribution in [0.2, 0.25) is 0 Å². The smallest absolute Gasteiger partial charge is 0.279 e. The van der Waals surface area contributed by atoms with E-state index in [0.29, 0.717) is 0 Å². The monoisotopic (exact) mass is 196 g/mol. The second kappa shape index (κ2) is 3.69. The number of carbonyl (C=O) groups excluding carboxylic acids is 2. The molecule has 5 N–H and O–H groups in total. The molecule has 1 heterocycles. The molecule has 0 saturated heterocycles. The topological polar surface area (TPSA) is 132 Å². The molecule has 1 aromatic rings. The molecule has 1 aromatic heterocycles. The highest BCUT2D eigenvalue weighted by Crippen LogP contribution is 1.90. The number of carbonyl (C=O) groups is 2. The van der Waals surface area contributed by atoms with Crippen LogP contribution in [0.3, 0.4) is 0 Å². The van der Waals surface area contributed by atoms with E-state index in [0.717, 1.165) is 0 Å². The molecule has 1 rings (SSSR count). The second-order valence-corrected chi connectivity index (χ2v) is 2.59. The molecular formula is C7H8N4O3. The summed E-state index contributed by atoms with van der Waals surface area (Å²) in [6.45, 7) is 0. The van der Waals surface area contributed by atoms with Crippen LogP contribution in [0.25, 0.3) is 0 Å². The Labute approximate surface area is 78.1 Å². The van der Waals surface area contributed by atoms with Gasteiger partial charge in [-0.25, -0.2) is 4.98 Å². The fraction of sp³-hybridized carbons (Fsp3) is 0.143. The Balaban J connectivity index is 3.07. The average Bonchev–Trinajstić information content (AvgIpc) is 2.01. The van der Waals surface area contributed by atoms with E-state index < -0.39 is 23.1 Å². The fourth-order valence-electron chi connectivity index (χ4n) is 0.891. The molecule has 0 saturated carbocycles. The van der Waals surface area contributed by atoms with Crippen molar-refractivity contribution in [2.45, 2.75) is 6.42 Å². The van der Waals surface area contributed by atoms with Gasteiger partial charge in [-0.3, -0.25) is 14.4 Å². The largest absolute Gasteiger partial charge is 0.369 e. The summed E-state index contributed by atoms with van der Waals surface area (Å²) in [6, 6.07) is 0. The molecule has 0 atom stereocenters. The minimum Gasteiger partial charge on any atom is -0.369 e. The van der Waals surface area contributed by atoms with E-state index >= 15 is 0 Å². The van der Waals surface area contributed by atoms with E-state index in [1.54, 1.807) is 0 Å². The molecule has 2 amide bonds. The standard InChI is InChI=1S/C7H8N4O3/c8-4(12)1-3-2-10-5(6(9)13)7(14)11-3/h2H,1H2,(H2,8,12)(H2,9,13)(H,11,14). The maximum Gasteiger partial charge on any atom is 0.279 e. The number of nitrogens with two attached hydrogens (primary N) is 2. The Kier molecular flexibility index (Phi) is 2.61. The van der Waals surface area contributed by atoms with Crippen molar-refractivity contribution in [2.24, 2.45) is 11.5 Å². The van der Waals surface area contributed by atoms with Gasteiger partial charge in [-0.15, -0.1) is 0 Å². The summed E-state index contributed by atoms with van der Waals surface area (Å²) in [6.07, 6.45) is 1.04.